The summed E-state index contributed by atoms with van der Waals surface area (Å²) in [5, 5.41) is 3.09. The first-order valence-corrected chi connectivity index (χ1v) is 9.53. The SMILES string of the molecule is CCN(CC)C(=O)[C@@H]1C[C@@H](NC(=O)c2cc[nH]c2C)CN1Cc1ccco1. The molecule has 2 atom stereocenters. The standard InChI is InChI=1S/C20H28N4O3/c1-4-23(5-2)20(26)18-11-15(12-24(18)13-16-7-6-10-27-16)22-19(25)17-8-9-21-14(17)3/h6-10,15,18,21H,4-5,11-13H2,1-3H3,(H,22,25)/t15-,18+/m1/s1. The molecule has 0 saturated carbocycles. The number of likely N-dealkylation sites (tertiary alicyclic amines) is 1. The van der Waals surface area contributed by atoms with Crippen LogP contribution in [0.25, 0.3) is 0 Å². The Morgan fingerprint density at radius 2 is 2.11 bits per heavy atom. The smallest absolute Gasteiger partial charge is 0.253 e. The predicted octanol–water partition coefficient (Wildman–Crippen LogP) is 2.16. The molecule has 0 radical (unpaired) electrons. The van der Waals surface area contributed by atoms with E-state index in [9.17, 15) is 9.59 Å². The van der Waals surface area contributed by atoms with Gasteiger partial charge in [0.15, 0.2) is 0 Å². The molecular formula is C20H28N4O3. The molecule has 1 aliphatic rings. The maximum absolute atomic E-state index is 13.0. The maximum atomic E-state index is 13.0. The Hall–Kier alpha value is -2.54. The normalized spacial score (nSPS) is 20.0. The summed E-state index contributed by atoms with van der Waals surface area (Å²) in [6, 6.07) is 5.20. The summed E-state index contributed by atoms with van der Waals surface area (Å²) in [5.41, 5.74) is 1.49. The van der Waals surface area contributed by atoms with Crippen LogP contribution in [0.1, 0.15) is 42.1 Å². The number of nitrogens with zero attached hydrogens (tertiary/aromatic N) is 2. The number of H-pyrrole nitrogens is 1. The molecule has 1 saturated heterocycles. The van der Waals surface area contributed by atoms with Crippen LogP contribution in [0, 0.1) is 6.92 Å². The third-order valence-electron chi connectivity index (χ3n) is 5.24. The van der Waals surface area contributed by atoms with Gasteiger partial charge >= 0.3 is 0 Å². The minimum Gasteiger partial charge on any atom is -0.468 e. The highest BCUT2D eigenvalue weighted by Crippen LogP contribution is 2.23. The summed E-state index contributed by atoms with van der Waals surface area (Å²) in [7, 11) is 0. The number of hydrogen-bond donors (Lipinski definition) is 2. The summed E-state index contributed by atoms with van der Waals surface area (Å²) in [6.45, 7) is 8.38. The Morgan fingerprint density at radius 3 is 2.70 bits per heavy atom. The van der Waals surface area contributed by atoms with E-state index in [4.69, 9.17) is 4.42 Å². The van der Waals surface area contributed by atoms with Gasteiger partial charge < -0.3 is 19.6 Å². The Morgan fingerprint density at radius 1 is 1.33 bits per heavy atom. The Balaban J connectivity index is 1.73. The highest BCUT2D eigenvalue weighted by Gasteiger charge is 2.39. The van der Waals surface area contributed by atoms with Crippen LogP contribution in [0.4, 0.5) is 0 Å². The number of amides is 2. The van der Waals surface area contributed by atoms with Gasteiger partial charge in [0.05, 0.1) is 24.4 Å². The summed E-state index contributed by atoms with van der Waals surface area (Å²) >= 11 is 0. The monoisotopic (exact) mass is 372 g/mol. The van der Waals surface area contributed by atoms with Gasteiger partial charge in [-0.05, 0) is 45.4 Å². The van der Waals surface area contributed by atoms with Gasteiger partial charge in [-0.15, -0.1) is 0 Å². The number of aromatic nitrogens is 1. The first-order chi connectivity index (χ1) is 13.0. The van der Waals surface area contributed by atoms with Crippen LogP contribution < -0.4 is 5.32 Å². The number of carbonyl (C=O) groups excluding carboxylic acids is 2. The Kier molecular flexibility index (Phi) is 6.01. The lowest BCUT2D eigenvalue weighted by atomic mass is 10.1. The molecule has 146 valence electrons. The number of carbonyl (C=O) groups is 2. The fourth-order valence-corrected chi connectivity index (χ4v) is 3.75. The van der Waals surface area contributed by atoms with Crippen molar-refractivity contribution in [1.82, 2.24) is 20.1 Å². The number of hydrogen-bond acceptors (Lipinski definition) is 4. The second kappa shape index (κ2) is 8.43. The van der Waals surface area contributed by atoms with Crippen molar-refractivity contribution in [2.75, 3.05) is 19.6 Å². The zero-order chi connectivity index (χ0) is 19.4. The molecule has 1 aliphatic heterocycles. The van der Waals surface area contributed by atoms with Crippen molar-refractivity contribution >= 4 is 11.8 Å². The molecule has 7 heteroatoms. The molecule has 2 aromatic heterocycles. The summed E-state index contributed by atoms with van der Waals surface area (Å²) in [5.74, 6) is 0.828. The van der Waals surface area contributed by atoms with Crippen molar-refractivity contribution < 1.29 is 14.0 Å². The van der Waals surface area contributed by atoms with Crippen LogP contribution in [0.15, 0.2) is 35.1 Å². The fraction of sp³-hybridized carbons (Fsp3) is 0.500. The number of likely N-dealkylation sites (N-methyl/N-ethyl adjacent to an activating group) is 1. The molecule has 0 aromatic carbocycles. The van der Waals surface area contributed by atoms with Gasteiger partial charge in [-0.2, -0.15) is 0 Å². The summed E-state index contributed by atoms with van der Waals surface area (Å²) < 4.78 is 5.47. The summed E-state index contributed by atoms with van der Waals surface area (Å²) in [6.07, 6.45) is 4.00. The first kappa shape index (κ1) is 19.2. The van der Waals surface area contributed by atoms with E-state index in [1.165, 1.54) is 0 Å². The Labute approximate surface area is 159 Å². The van der Waals surface area contributed by atoms with Gasteiger partial charge in [-0.1, -0.05) is 0 Å². The number of aromatic amines is 1. The van der Waals surface area contributed by atoms with Crippen molar-refractivity contribution in [1.29, 1.82) is 0 Å². The van der Waals surface area contributed by atoms with Crippen LogP contribution in [0.3, 0.4) is 0 Å². The number of rotatable bonds is 7. The highest BCUT2D eigenvalue weighted by atomic mass is 16.3. The van der Waals surface area contributed by atoms with E-state index in [1.807, 2.05) is 37.8 Å². The molecule has 1 fully saturated rings. The minimum absolute atomic E-state index is 0.0775. The molecule has 2 amide bonds. The maximum Gasteiger partial charge on any atom is 0.253 e. The average molecular weight is 372 g/mol. The molecule has 3 heterocycles. The van der Waals surface area contributed by atoms with Crippen LogP contribution in [0.5, 0.6) is 0 Å². The lowest BCUT2D eigenvalue weighted by molar-refractivity contribution is -0.135. The lowest BCUT2D eigenvalue weighted by Gasteiger charge is -2.28. The highest BCUT2D eigenvalue weighted by molar-refractivity contribution is 5.95. The zero-order valence-electron chi connectivity index (χ0n) is 16.2. The van der Waals surface area contributed by atoms with Crippen molar-refractivity contribution in [2.45, 2.75) is 45.8 Å². The van der Waals surface area contributed by atoms with Crippen molar-refractivity contribution in [3.05, 3.63) is 47.7 Å². The van der Waals surface area contributed by atoms with Crippen LogP contribution in [-0.2, 0) is 11.3 Å². The van der Waals surface area contributed by atoms with Gasteiger partial charge in [0.2, 0.25) is 5.91 Å². The quantitative estimate of drug-likeness (QED) is 0.780. The molecule has 27 heavy (non-hydrogen) atoms. The van der Waals surface area contributed by atoms with E-state index < -0.39 is 0 Å². The Bertz CT molecular complexity index is 764. The van der Waals surface area contributed by atoms with Crippen LogP contribution in [-0.4, -0.2) is 58.3 Å². The molecule has 2 aromatic rings. The van der Waals surface area contributed by atoms with E-state index >= 15 is 0 Å². The van der Waals surface area contributed by atoms with Gasteiger partial charge in [-0.3, -0.25) is 14.5 Å². The number of nitrogens with one attached hydrogen (secondary N) is 2. The topological polar surface area (TPSA) is 81.6 Å². The van der Waals surface area contributed by atoms with E-state index in [2.05, 4.69) is 15.2 Å². The van der Waals surface area contributed by atoms with Gasteiger partial charge in [0, 0.05) is 37.6 Å². The molecule has 0 bridgehead atoms. The predicted molar refractivity (Wildman–Crippen MR) is 102 cm³/mol. The molecule has 2 N–H and O–H groups in total. The lowest BCUT2D eigenvalue weighted by Crippen LogP contribution is -2.45. The minimum atomic E-state index is -0.257. The molecule has 0 unspecified atom stereocenters. The summed E-state index contributed by atoms with van der Waals surface area (Å²) in [4.78, 5) is 32.5. The third kappa shape index (κ3) is 4.24. The number of furan rings is 1. The van der Waals surface area contributed by atoms with Gasteiger partial charge in [0.1, 0.15) is 5.76 Å². The van der Waals surface area contributed by atoms with Crippen molar-refractivity contribution in [3.63, 3.8) is 0 Å². The van der Waals surface area contributed by atoms with Crippen molar-refractivity contribution in [3.8, 4) is 0 Å². The molecule has 0 spiro atoms. The third-order valence-corrected chi connectivity index (χ3v) is 5.24. The largest absolute Gasteiger partial charge is 0.468 e. The van der Waals surface area contributed by atoms with E-state index in [0.717, 1.165) is 11.5 Å². The zero-order valence-corrected chi connectivity index (χ0v) is 16.2. The number of aryl methyl sites for hydroxylation is 1. The first-order valence-electron chi connectivity index (χ1n) is 9.53. The van der Waals surface area contributed by atoms with Crippen LogP contribution >= 0.6 is 0 Å². The van der Waals surface area contributed by atoms with E-state index in [-0.39, 0.29) is 23.9 Å². The molecular weight excluding hydrogens is 344 g/mol. The second-order valence-corrected chi connectivity index (χ2v) is 6.96. The fourth-order valence-electron chi connectivity index (χ4n) is 3.75. The van der Waals surface area contributed by atoms with E-state index in [0.29, 0.717) is 38.2 Å². The van der Waals surface area contributed by atoms with Gasteiger partial charge in [0.25, 0.3) is 5.91 Å². The molecule has 3 rings (SSSR count). The average Bonchev–Trinajstić information content (AvgIpc) is 3.38. The van der Waals surface area contributed by atoms with Crippen LogP contribution in [0.2, 0.25) is 0 Å². The molecule has 7 nitrogen and oxygen atoms in total. The van der Waals surface area contributed by atoms with Gasteiger partial charge in [-0.25, -0.2) is 0 Å². The van der Waals surface area contributed by atoms with Crippen molar-refractivity contribution in [2.24, 2.45) is 0 Å². The second-order valence-electron chi connectivity index (χ2n) is 6.96. The van der Waals surface area contributed by atoms with E-state index in [1.54, 1.807) is 18.5 Å². The molecule has 0 aliphatic carbocycles.